The summed E-state index contributed by atoms with van der Waals surface area (Å²) in [5.41, 5.74) is 5.85. The molecule has 28 heavy (non-hydrogen) atoms. The molecule has 0 saturated carbocycles. The Bertz CT molecular complexity index is 891. The zero-order valence-electron chi connectivity index (χ0n) is 16.5. The Hall–Kier alpha value is -2.98. The van der Waals surface area contributed by atoms with Crippen LogP contribution in [0.4, 0.5) is 0 Å². The number of benzene rings is 2. The van der Waals surface area contributed by atoms with Crippen molar-refractivity contribution in [1.29, 1.82) is 0 Å². The summed E-state index contributed by atoms with van der Waals surface area (Å²) in [4.78, 5) is 15.4. The number of pyridine rings is 1. The van der Waals surface area contributed by atoms with Crippen molar-refractivity contribution < 1.29 is 4.79 Å². The van der Waals surface area contributed by atoms with E-state index in [1.54, 1.807) is 6.92 Å². The highest BCUT2D eigenvalue weighted by atomic mass is 16.1. The van der Waals surface area contributed by atoms with Crippen LogP contribution < -0.4 is 10.6 Å². The van der Waals surface area contributed by atoms with Gasteiger partial charge in [-0.3, -0.25) is 9.78 Å². The Morgan fingerprint density at radius 2 is 1.82 bits per heavy atom. The predicted molar refractivity (Wildman–Crippen MR) is 114 cm³/mol. The average molecular weight is 374 g/mol. The number of carbonyl (C=O) groups excluding carboxylic acids is 1. The molecule has 3 rings (SSSR count). The zero-order valence-corrected chi connectivity index (χ0v) is 16.5. The monoisotopic (exact) mass is 373 g/mol. The molecule has 0 fully saturated rings. The highest BCUT2D eigenvalue weighted by molar-refractivity contribution is 5.72. The molecule has 4 heteroatoms. The molecule has 2 N–H and O–H groups in total. The fourth-order valence-electron chi connectivity index (χ4n) is 3.12. The molecule has 0 unspecified atom stereocenters. The van der Waals surface area contributed by atoms with Crippen molar-refractivity contribution in [2.45, 2.75) is 32.9 Å². The lowest BCUT2D eigenvalue weighted by atomic mass is 10.0. The van der Waals surface area contributed by atoms with Gasteiger partial charge >= 0.3 is 0 Å². The number of aromatic nitrogens is 1. The number of nitrogens with one attached hydrogen (secondary N) is 2. The van der Waals surface area contributed by atoms with Crippen molar-refractivity contribution in [3.8, 4) is 11.3 Å². The first kappa shape index (κ1) is 19.8. The van der Waals surface area contributed by atoms with Gasteiger partial charge in [-0.25, -0.2) is 0 Å². The topological polar surface area (TPSA) is 54.0 Å². The normalized spacial score (nSPS) is 11.8. The van der Waals surface area contributed by atoms with Crippen LogP contribution in [0.1, 0.15) is 36.6 Å². The second-order valence-corrected chi connectivity index (χ2v) is 6.99. The number of amides is 1. The van der Waals surface area contributed by atoms with Gasteiger partial charge in [-0.05, 0) is 48.2 Å². The summed E-state index contributed by atoms with van der Waals surface area (Å²) < 4.78 is 0. The zero-order chi connectivity index (χ0) is 19.8. The molecule has 0 radical (unpaired) electrons. The van der Waals surface area contributed by atoms with Gasteiger partial charge in [-0.2, -0.15) is 0 Å². The van der Waals surface area contributed by atoms with E-state index >= 15 is 0 Å². The standard InChI is InChI=1S/C24H27N3O/c1-18(22-11-9-20(10-12-22)13-15-25-19(2)28)27-17-21-6-5-7-23(16-21)24-8-3-4-14-26-24/h3-12,14,16,18,27H,13,15,17H2,1-2H3,(H,25,28)/t18-/m0/s1. The van der Waals surface area contributed by atoms with Crippen molar-refractivity contribution in [2.24, 2.45) is 0 Å². The third kappa shape index (κ3) is 5.76. The molecular weight excluding hydrogens is 346 g/mol. The van der Waals surface area contributed by atoms with E-state index in [0.717, 1.165) is 24.2 Å². The van der Waals surface area contributed by atoms with E-state index in [0.29, 0.717) is 6.54 Å². The van der Waals surface area contributed by atoms with Crippen LogP contribution in [-0.2, 0) is 17.8 Å². The summed E-state index contributed by atoms with van der Waals surface area (Å²) >= 11 is 0. The van der Waals surface area contributed by atoms with E-state index in [2.05, 4.69) is 71.1 Å². The van der Waals surface area contributed by atoms with Gasteiger partial charge in [-0.1, -0.05) is 48.5 Å². The minimum Gasteiger partial charge on any atom is -0.356 e. The first-order chi connectivity index (χ1) is 13.6. The Kier molecular flexibility index (Phi) is 6.93. The smallest absolute Gasteiger partial charge is 0.216 e. The van der Waals surface area contributed by atoms with Gasteiger partial charge in [0.25, 0.3) is 0 Å². The van der Waals surface area contributed by atoms with Gasteiger partial charge in [-0.15, -0.1) is 0 Å². The maximum atomic E-state index is 10.9. The first-order valence-corrected chi connectivity index (χ1v) is 9.69. The molecule has 144 valence electrons. The summed E-state index contributed by atoms with van der Waals surface area (Å²) in [5.74, 6) is 0.0153. The van der Waals surface area contributed by atoms with Crippen LogP contribution in [-0.4, -0.2) is 17.4 Å². The Balaban J connectivity index is 1.55. The number of hydrogen-bond acceptors (Lipinski definition) is 3. The molecule has 1 heterocycles. The van der Waals surface area contributed by atoms with Crippen LogP contribution in [0.2, 0.25) is 0 Å². The van der Waals surface area contributed by atoms with E-state index in [-0.39, 0.29) is 11.9 Å². The van der Waals surface area contributed by atoms with Crippen LogP contribution in [0.5, 0.6) is 0 Å². The van der Waals surface area contributed by atoms with Crippen molar-refractivity contribution >= 4 is 5.91 Å². The van der Waals surface area contributed by atoms with Gasteiger partial charge in [0.2, 0.25) is 5.91 Å². The van der Waals surface area contributed by atoms with Gasteiger partial charge in [0.05, 0.1) is 5.69 Å². The van der Waals surface area contributed by atoms with Gasteiger partial charge < -0.3 is 10.6 Å². The van der Waals surface area contributed by atoms with Crippen molar-refractivity contribution in [3.05, 3.63) is 89.6 Å². The minimum atomic E-state index is 0.0153. The molecule has 0 aliphatic heterocycles. The number of hydrogen-bond donors (Lipinski definition) is 2. The maximum absolute atomic E-state index is 10.9. The lowest BCUT2D eigenvalue weighted by Crippen LogP contribution is -2.22. The number of rotatable bonds is 8. The van der Waals surface area contributed by atoms with E-state index in [1.165, 1.54) is 16.7 Å². The highest BCUT2D eigenvalue weighted by Gasteiger charge is 2.06. The molecule has 2 aromatic carbocycles. The van der Waals surface area contributed by atoms with Crippen LogP contribution >= 0.6 is 0 Å². The molecule has 4 nitrogen and oxygen atoms in total. The second kappa shape index (κ2) is 9.81. The van der Waals surface area contributed by atoms with E-state index in [1.807, 2.05) is 24.4 Å². The summed E-state index contributed by atoms with van der Waals surface area (Å²) in [5, 5.41) is 6.42. The lowest BCUT2D eigenvalue weighted by molar-refractivity contribution is -0.118. The molecule has 1 aromatic heterocycles. The minimum absolute atomic E-state index is 0.0153. The van der Waals surface area contributed by atoms with Crippen molar-refractivity contribution in [2.75, 3.05) is 6.54 Å². The largest absolute Gasteiger partial charge is 0.356 e. The average Bonchev–Trinajstić information content (AvgIpc) is 2.73. The van der Waals surface area contributed by atoms with Crippen LogP contribution in [0.3, 0.4) is 0 Å². The summed E-state index contributed by atoms with van der Waals surface area (Å²) in [6.07, 6.45) is 2.67. The van der Waals surface area contributed by atoms with Crippen LogP contribution in [0, 0.1) is 0 Å². The molecule has 0 aliphatic rings. The highest BCUT2D eigenvalue weighted by Crippen LogP contribution is 2.19. The summed E-state index contributed by atoms with van der Waals surface area (Å²) in [7, 11) is 0. The molecule has 3 aromatic rings. The fraction of sp³-hybridized carbons (Fsp3) is 0.250. The quantitative estimate of drug-likeness (QED) is 0.620. The van der Waals surface area contributed by atoms with Crippen LogP contribution in [0.15, 0.2) is 72.9 Å². The van der Waals surface area contributed by atoms with E-state index in [9.17, 15) is 4.79 Å². The first-order valence-electron chi connectivity index (χ1n) is 9.69. The third-order valence-corrected chi connectivity index (χ3v) is 4.77. The molecule has 1 atom stereocenters. The van der Waals surface area contributed by atoms with Crippen molar-refractivity contribution in [1.82, 2.24) is 15.6 Å². The Morgan fingerprint density at radius 3 is 2.54 bits per heavy atom. The summed E-state index contributed by atoms with van der Waals surface area (Å²) in [6.45, 7) is 5.19. The molecular formula is C24H27N3O. The summed E-state index contributed by atoms with van der Waals surface area (Å²) in [6, 6.07) is 23.3. The molecule has 0 aliphatic carbocycles. The van der Waals surface area contributed by atoms with E-state index in [4.69, 9.17) is 0 Å². The Morgan fingerprint density at radius 1 is 1.00 bits per heavy atom. The lowest BCUT2D eigenvalue weighted by Gasteiger charge is -2.15. The third-order valence-electron chi connectivity index (χ3n) is 4.77. The molecule has 0 saturated heterocycles. The Labute approximate surface area is 167 Å². The maximum Gasteiger partial charge on any atom is 0.216 e. The van der Waals surface area contributed by atoms with Crippen LogP contribution in [0.25, 0.3) is 11.3 Å². The van der Waals surface area contributed by atoms with Gasteiger partial charge in [0.15, 0.2) is 0 Å². The van der Waals surface area contributed by atoms with Crippen molar-refractivity contribution in [3.63, 3.8) is 0 Å². The SMILES string of the molecule is CC(=O)NCCc1ccc([C@H](C)NCc2cccc(-c3ccccn3)c2)cc1. The predicted octanol–water partition coefficient (Wildman–Crippen LogP) is 4.28. The van der Waals surface area contributed by atoms with Gasteiger partial charge in [0.1, 0.15) is 0 Å². The fourth-order valence-corrected chi connectivity index (χ4v) is 3.12. The second-order valence-electron chi connectivity index (χ2n) is 6.99. The van der Waals surface area contributed by atoms with Gasteiger partial charge in [0, 0.05) is 37.8 Å². The number of nitrogens with zero attached hydrogens (tertiary/aromatic N) is 1. The molecule has 1 amide bonds. The molecule has 0 spiro atoms. The number of carbonyl (C=O) groups is 1. The van der Waals surface area contributed by atoms with E-state index < -0.39 is 0 Å². The molecule has 0 bridgehead atoms.